The van der Waals surface area contributed by atoms with Crippen molar-refractivity contribution in [1.29, 1.82) is 0 Å². The first-order chi connectivity index (χ1) is 10.2. The lowest BCUT2D eigenvalue weighted by Gasteiger charge is -2.22. The summed E-state index contributed by atoms with van der Waals surface area (Å²) in [5.74, 6) is -0.173. The Balaban J connectivity index is 2.40. The van der Waals surface area contributed by atoms with Crippen molar-refractivity contribution in [3.8, 4) is 0 Å². The van der Waals surface area contributed by atoms with Gasteiger partial charge in [0.15, 0.2) is 0 Å². The SMILES string of the molecule is CCNc1ncccc1C(=O)N(CC)c1ccccc1F. The molecule has 4 nitrogen and oxygen atoms in total. The normalized spacial score (nSPS) is 10.2. The number of aromatic nitrogens is 1. The van der Waals surface area contributed by atoms with Crippen molar-refractivity contribution in [3.63, 3.8) is 0 Å². The molecule has 0 aliphatic carbocycles. The predicted molar refractivity (Wildman–Crippen MR) is 82.2 cm³/mol. The topological polar surface area (TPSA) is 45.2 Å². The van der Waals surface area contributed by atoms with Gasteiger partial charge >= 0.3 is 0 Å². The van der Waals surface area contributed by atoms with E-state index in [2.05, 4.69) is 10.3 Å². The number of halogens is 1. The quantitative estimate of drug-likeness (QED) is 0.917. The van der Waals surface area contributed by atoms with Crippen LogP contribution in [0, 0.1) is 5.82 Å². The molecule has 0 saturated carbocycles. The highest BCUT2D eigenvalue weighted by Gasteiger charge is 2.21. The summed E-state index contributed by atoms with van der Waals surface area (Å²) in [6.07, 6.45) is 1.62. The van der Waals surface area contributed by atoms with Gasteiger partial charge in [-0.25, -0.2) is 9.37 Å². The fraction of sp³-hybridized carbons (Fsp3) is 0.250. The molecular weight excluding hydrogens is 269 g/mol. The van der Waals surface area contributed by atoms with E-state index in [0.717, 1.165) is 0 Å². The lowest BCUT2D eigenvalue weighted by atomic mass is 10.2. The van der Waals surface area contributed by atoms with Gasteiger partial charge in [0.25, 0.3) is 5.91 Å². The Kier molecular flexibility index (Phi) is 4.87. The molecule has 0 aliphatic heterocycles. The van der Waals surface area contributed by atoms with Gasteiger partial charge in [-0.1, -0.05) is 12.1 Å². The van der Waals surface area contributed by atoms with E-state index in [1.54, 1.807) is 36.5 Å². The molecule has 0 atom stereocenters. The van der Waals surface area contributed by atoms with Gasteiger partial charge in [0.2, 0.25) is 0 Å². The van der Waals surface area contributed by atoms with Crippen molar-refractivity contribution in [1.82, 2.24) is 4.98 Å². The van der Waals surface area contributed by atoms with E-state index in [9.17, 15) is 9.18 Å². The molecule has 1 amide bonds. The number of anilines is 2. The summed E-state index contributed by atoms with van der Waals surface area (Å²) in [7, 11) is 0. The van der Waals surface area contributed by atoms with Gasteiger partial charge in [-0.15, -0.1) is 0 Å². The van der Waals surface area contributed by atoms with E-state index in [-0.39, 0.29) is 11.6 Å². The van der Waals surface area contributed by atoms with Crippen LogP contribution in [-0.2, 0) is 0 Å². The summed E-state index contributed by atoms with van der Waals surface area (Å²) in [6.45, 7) is 4.77. The molecule has 0 spiro atoms. The number of pyridine rings is 1. The Bertz CT molecular complexity index is 630. The third-order valence-electron chi connectivity index (χ3n) is 3.09. The number of para-hydroxylation sites is 1. The minimum Gasteiger partial charge on any atom is -0.370 e. The fourth-order valence-electron chi connectivity index (χ4n) is 2.13. The lowest BCUT2D eigenvalue weighted by Crippen LogP contribution is -2.32. The Labute approximate surface area is 123 Å². The van der Waals surface area contributed by atoms with Crippen molar-refractivity contribution in [2.75, 3.05) is 23.3 Å². The number of nitrogens with zero attached hydrogens (tertiary/aromatic N) is 2. The van der Waals surface area contributed by atoms with Gasteiger partial charge < -0.3 is 10.2 Å². The number of hydrogen-bond donors (Lipinski definition) is 1. The van der Waals surface area contributed by atoms with Crippen LogP contribution in [0.1, 0.15) is 24.2 Å². The van der Waals surface area contributed by atoms with E-state index in [0.29, 0.717) is 24.5 Å². The molecule has 0 fully saturated rings. The summed E-state index contributed by atoms with van der Waals surface area (Å²) < 4.78 is 13.9. The zero-order valence-electron chi connectivity index (χ0n) is 12.1. The first-order valence-corrected chi connectivity index (χ1v) is 6.94. The number of nitrogens with one attached hydrogen (secondary N) is 1. The van der Waals surface area contributed by atoms with Gasteiger partial charge in [-0.2, -0.15) is 0 Å². The zero-order valence-corrected chi connectivity index (χ0v) is 12.1. The van der Waals surface area contributed by atoms with Crippen LogP contribution in [0.3, 0.4) is 0 Å². The van der Waals surface area contributed by atoms with Gasteiger partial charge in [-0.3, -0.25) is 4.79 Å². The molecule has 110 valence electrons. The van der Waals surface area contributed by atoms with E-state index in [1.807, 2.05) is 13.8 Å². The van der Waals surface area contributed by atoms with Gasteiger partial charge in [0, 0.05) is 19.3 Å². The Morgan fingerprint density at radius 1 is 1.24 bits per heavy atom. The minimum absolute atomic E-state index is 0.272. The minimum atomic E-state index is -0.415. The van der Waals surface area contributed by atoms with E-state index in [4.69, 9.17) is 0 Å². The first-order valence-electron chi connectivity index (χ1n) is 6.94. The number of rotatable bonds is 5. The molecule has 0 aliphatic rings. The molecule has 1 aromatic carbocycles. The van der Waals surface area contributed by atoms with E-state index < -0.39 is 5.82 Å². The highest BCUT2D eigenvalue weighted by atomic mass is 19.1. The number of carbonyl (C=O) groups is 1. The molecule has 1 heterocycles. The maximum Gasteiger partial charge on any atom is 0.262 e. The molecule has 2 aromatic rings. The van der Waals surface area contributed by atoms with Crippen LogP contribution in [-0.4, -0.2) is 24.0 Å². The van der Waals surface area contributed by atoms with Crippen molar-refractivity contribution < 1.29 is 9.18 Å². The van der Waals surface area contributed by atoms with Crippen LogP contribution in [0.4, 0.5) is 15.9 Å². The fourth-order valence-corrected chi connectivity index (χ4v) is 2.13. The van der Waals surface area contributed by atoms with Crippen molar-refractivity contribution in [3.05, 3.63) is 54.0 Å². The molecule has 0 bridgehead atoms. The summed E-state index contributed by atoms with van der Waals surface area (Å²) in [6, 6.07) is 9.65. The summed E-state index contributed by atoms with van der Waals surface area (Å²) in [4.78, 5) is 18.3. The van der Waals surface area contributed by atoms with Crippen LogP contribution in [0.5, 0.6) is 0 Å². The standard InChI is InChI=1S/C16H18FN3O/c1-3-18-15-12(8-7-11-19-15)16(21)20(4-2)14-10-6-5-9-13(14)17/h5-11H,3-4H2,1-2H3,(H,18,19). The van der Waals surface area contributed by atoms with Crippen LogP contribution in [0.15, 0.2) is 42.6 Å². The summed E-state index contributed by atoms with van der Waals surface area (Å²) in [5.41, 5.74) is 0.709. The maximum absolute atomic E-state index is 13.9. The Morgan fingerprint density at radius 3 is 2.67 bits per heavy atom. The van der Waals surface area contributed by atoms with Crippen LogP contribution < -0.4 is 10.2 Å². The largest absolute Gasteiger partial charge is 0.370 e. The summed E-state index contributed by atoms with van der Waals surface area (Å²) in [5, 5.41) is 3.05. The number of carbonyl (C=O) groups excluding carboxylic acids is 1. The number of hydrogen-bond acceptors (Lipinski definition) is 3. The number of benzene rings is 1. The van der Waals surface area contributed by atoms with Crippen molar-refractivity contribution >= 4 is 17.4 Å². The average molecular weight is 287 g/mol. The second-order valence-corrected chi connectivity index (χ2v) is 4.43. The molecule has 1 aromatic heterocycles. The van der Waals surface area contributed by atoms with Crippen molar-refractivity contribution in [2.24, 2.45) is 0 Å². The van der Waals surface area contributed by atoms with Crippen LogP contribution in [0.25, 0.3) is 0 Å². The molecule has 21 heavy (non-hydrogen) atoms. The predicted octanol–water partition coefficient (Wildman–Crippen LogP) is 3.32. The van der Waals surface area contributed by atoms with Gasteiger partial charge in [0.05, 0.1) is 11.3 Å². The Morgan fingerprint density at radius 2 is 2.00 bits per heavy atom. The van der Waals surface area contributed by atoms with Gasteiger partial charge in [0.1, 0.15) is 11.6 Å². The Hall–Kier alpha value is -2.43. The van der Waals surface area contributed by atoms with Gasteiger partial charge in [-0.05, 0) is 38.1 Å². The van der Waals surface area contributed by atoms with Crippen LogP contribution in [0.2, 0.25) is 0 Å². The average Bonchev–Trinajstić information content (AvgIpc) is 2.50. The molecule has 0 saturated heterocycles. The van der Waals surface area contributed by atoms with Crippen LogP contribution >= 0.6 is 0 Å². The lowest BCUT2D eigenvalue weighted by molar-refractivity contribution is 0.0988. The van der Waals surface area contributed by atoms with E-state index in [1.165, 1.54) is 11.0 Å². The third kappa shape index (κ3) is 3.18. The number of amides is 1. The molecule has 0 radical (unpaired) electrons. The molecule has 0 unspecified atom stereocenters. The smallest absolute Gasteiger partial charge is 0.262 e. The second kappa shape index (κ2) is 6.83. The maximum atomic E-state index is 13.9. The highest BCUT2D eigenvalue weighted by molar-refractivity contribution is 6.09. The second-order valence-electron chi connectivity index (χ2n) is 4.43. The molecule has 5 heteroatoms. The molecular formula is C16H18FN3O. The molecule has 2 rings (SSSR count). The zero-order chi connectivity index (χ0) is 15.2. The van der Waals surface area contributed by atoms with Crippen molar-refractivity contribution in [2.45, 2.75) is 13.8 Å². The highest BCUT2D eigenvalue weighted by Crippen LogP contribution is 2.22. The van der Waals surface area contributed by atoms with E-state index >= 15 is 0 Å². The third-order valence-corrected chi connectivity index (χ3v) is 3.09. The molecule has 1 N–H and O–H groups in total. The monoisotopic (exact) mass is 287 g/mol. The summed E-state index contributed by atoms with van der Waals surface area (Å²) >= 11 is 0. The first kappa shape index (κ1) is 15.0.